The second-order valence-corrected chi connectivity index (χ2v) is 2.13. The van der Waals surface area contributed by atoms with Gasteiger partial charge < -0.3 is 4.52 Å². The first-order valence-electron chi connectivity index (χ1n) is 1.29. The number of hydrogen-bond acceptors (Lipinski definition) is 2. The van der Waals surface area contributed by atoms with Crippen molar-refractivity contribution in [2.75, 3.05) is 7.11 Å². The maximum absolute atomic E-state index is 4.95. The summed E-state index contributed by atoms with van der Waals surface area (Å²) in [6, 6.07) is 0. The van der Waals surface area contributed by atoms with E-state index in [1.807, 2.05) is 0 Å². The van der Waals surface area contributed by atoms with Crippen molar-refractivity contribution in [3.05, 3.63) is 0 Å². The largest absolute Gasteiger partial charge is 0.343 e. The lowest BCUT2D eigenvalue weighted by atomic mass is 11.8. The van der Waals surface area contributed by atoms with Gasteiger partial charge in [0, 0.05) is 7.11 Å². The molecule has 6 heavy (non-hydrogen) atoms. The summed E-state index contributed by atoms with van der Waals surface area (Å²) in [5.74, 6) is 0. The Kier molecular flexibility index (Phi) is 5.86. The maximum Gasteiger partial charge on any atom is 0.143 e. The van der Waals surface area contributed by atoms with E-state index >= 15 is 0 Å². The molecule has 0 aromatic rings. The van der Waals surface area contributed by atoms with Crippen molar-refractivity contribution in [1.82, 2.24) is 0 Å². The quantitative estimate of drug-likeness (QED) is 0.561. The molecule has 3 nitrogen and oxygen atoms in total. The van der Waals surface area contributed by atoms with Gasteiger partial charge in [0.1, 0.15) is 8.96 Å². The molecule has 0 aliphatic carbocycles. The van der Waals surface area contributed by atoms with E-state index in [0.29, 0.717) is 8.52 Å². The van der Waals surface area contributed by atoms with Crippen LogP contribution in [-0.2, 0) is 4.52 Å². The van der Waals surface area contributed by atoms with Gasteiger partial charge in [0.05, 0.1) is 8.52 Å². The Labute approximate surface area is 40.1 Å². The summed E-state index contributed by atoms with van der Waals surface area (Å²) >= 11 is 0. The Bertz CT molecular complexity index is 46.8. The highest BCUT2D eigenvalue weighted by Crippen LogP contribution is 2.13. The molecule has 36 valence electrons. The van der Waals surface area contributed by atoms with Crippen LogP contribution < -0.4 is 5.50 Å². The zero-order chi connectivity index (χ0) is 4.83. The highest BCUT2D eigenvalue weighted by atomic mass is 31.1. The minimum Gasteiger partial charge on any atom is -0.343 e. The van der Waals surface area contributed by atoms with Crippen LogP contribution in [0.2, 0.25) is 0 Å². The van der Waals surface area contributed by atoms with Crippen molar-refractivity contribution in [1.29, 1.82) is 0 Å². The Hall–Kier alpha value is 0.450. The van der Waals surface area contributed by atoms with Crippen molar-refractivity contribution < 1.29 is 4.52 Å². The molecule has 1 atom stereocenters. The molecule has 0 heterocycles. The predicted molar refractivity (Wildman–Crippen MR) is 28.9 cm³/mol. The summed E-state index contributed by atoms with van der Waals surface area (Å²) in [6.45, 7) is 0. The minimum atomic E-state index is 0.203. The molecule has 1 unspecified atom stereocenters. The van der Waals surface area contributed by atoms with Crippen LogP contribution >= 0.6 is 17.5 Å². The second kappa shape index (κ2) is 5.45. The first-order valence-corrected chi connectivity index (χ1v) is 3.07. The Balaban J connectivity index is 2.66. The van der Waals surface area contributed by atoms with E-state index in [-0.39, 0.29) is 8.96 Å². The van der Waals surface area contributed by atoms with Gasteiger partial charge >= 0.3 is 0 Å². The van der Waals surface area contributed by atoms with Crippen LogP contribution in [0.1, 0.15) is 0 Å². The number of nitrogens with two attached hydrogens (primary N) is 1. The number of nitrogens with zero attached hydrogens (tertiary/aromatic N) is 1. The monoisotopic (exact) mass is 124 g/mol. The van der Waals surface area contributed by atoms with Crippen molar-refractivity contribution in [3.8, 4) is 0 Å². The molecular formula is CH6N2OP2. The summed E-state index contributed by atoms with van der Waals surface area (Å²) < 4.78 is 8.20. The summed E-state index contributed by atoms with van der Waals surface area (Å²) in [6.07, 6.45) is 0. The topological polar surface area (TPSA) is 47.6 Å². The number of hydrogen-bond donors (Lipinski definition) is 1. The normalized spacial score (nSPS) is 12.3. The summed E-state index contributed by atoms with van der Waals surface area (Å²) in [5, 5.41) is 0. The van der Waals surface area contributed by atoms with E-state index in [9.17, 15) is 0 Å². The van der Waals surface area contributed by atoms with Crippen molar-refractivity contribution in [2.45, 2.75) is 0 Å². The molecule has 5 heteroatoms. The van der Waals surface area contributed by atoms with Gasteiger partial charge in [0.25, 0.3) is 0 Å². The van der Waals surface area contributed by atoms with Gasteiger partial charge in [-0.2, -0.15) is 0 Å². The lowest BCUT2D eigenvalue weighted by Gasteiger charge is -1.80. The third-order valence-electron chi connectivity index (χ3n) is 0.190. The molecule has 0 bridgehead atoms. The summed E-state index contributed by atoms with van der Waals surface area (Å²) in [4.78, 5) is 0. The maximum atomic E-state index is 4.95. The third-order valence-corrected chi connectivity index (χ3v) is 1.16. The van der Waals surface area contributed by atoms with Gasteiger partial charge in [0.2, 0.25) is 0 Å². The molecule has 0 aromatic carbocycles. The Morgan fingerprint density at radius 2 is 2.67 bits per heavy atom. The molecule has 0 amide bonds. The second-order valence-electron chi connectivity index (χ2n) is 0.511. The fraction of sp³-hybridized carbons (Fsp3) is 1.00. The van der Waals surface area contributed by atoms with E-state index in [0.717, 1.165) is 0 Å². The average molecular weight is 124 g/mol. The molecule has 0 spiro atoms. The highest BCUT2D eigenvalue weighted by Gasteiger charge is 1.63. The molecule has 0 fully saturated rings. The first-order chi connectivity index (χ1) is 2.91. The molecule has 2 N–H and O–H groups in total. The van der Waals surface area contributed by atoms with Gasteiger partial charge in [-0.1, -0.05) is 0 Å². The van der Waals surface area contributed by atoms with Crippen LogP contribution in [0.3, 0.4) is 0 Å². The van der Waals surface area contributed by atoms with Crippen LogP contribution in [0.4, 0.5) is 0 Å². The van der Waals surface area contributed by atoms with Gasteiger partial charge in [0.15, 0.2) is 0 Å². The summed E-state index contributed by atoms with van der Waals surface area (Å²) in [7, 11) is 2.35. The Morgan fingerprint density at radius 1 is 2.00 bits per heavy atom. The molecule has 0 radical (unpaired) electrons. The van der Waals surface area contributed by atoms with Gasteiger partial charge in [-0.3, -0.25) is 5.50 Å². The number of rotatable bonds is 2. The molecule has 0 aliphatic heterocycles. The van der Waals surface area contributed by atoms with Crippen LogP contribution in [-0.4, -0.2) is 7.11 Å². The van der Waals surface area contributed by atoms with Crippen molar-refractivity contribution in [2.24, 2.45) is 10.0 Å². The predicted octanol–water partition coefficient (Wildman–Crippen LogP) is 1.14. The molecule has 0 saturated carbocycles. The zero-order valence-electron chi connectivity index (χ0n) is 3.38. The lowest BCUT2D eigenvalue weighted by molar-refractivity contribution is 0.477. The van der Waals surface area contributed by atoms with E-state index in [1.54, 1.807) is 7.11 Å². The molecule has 0 rings (SSSR count). The van der Waals surface area contributed by atoms with Crippen LogP contribution in [0.15, 0.2) is 4.52 Å². The highest BCUT2D eigenvalue weighted by molar-refractivity contribution is 7.40. The summed E-state index contributed by atoms with van der Waals surface area (Å²) in [5.41, 5.74) is 4.95. The van der Waals surface area contributed by atoms with Crippen LogP contribution in [0.25, 0.3) is 0 Å². The molecule has 0 saturated heterocycles. The minimum absolute atomic E-state index is 0.203. The fourth-order valence-electron chi connectivity index (χ4n) is 0.0644. The molecule has 0 aliphatic rings. The molecular weight excluding hydrogens is 118 g/mol. The third kappa shape index (κ3) is 4.45. The van der Waals surface area contributed by atoms with Crippen molar-refractivity contribution >= 4 is 17.5 Å². The van der Waals surface area contributed by atoms with Gasteiger partial charge in [-0.05, 0) is 0 Å². The van der Waals surface area contributed by atoms with E-state index in [2.05, 4.69) is 9.04 Å². The van der Waals surface area contributed by atoms with Crippen LogP contribution in [0, 0.1) is 0 Å². The lowest BCUT2D eigenvalue weighted by Crippen LogP contribution is -1.56. The van der Waals surface area contributed by atoms with Crippen molar-refractivity contribution in [3.63, 3.8) is 0 Å². The Morgan fingerprint density at radius 3 is 2.83 bits per heavy atom. The molecule has 0 aromatic heterocycles. The smallest absolute Gasteiger partial charge is 0.143 e. The van der Waals surface area contributed by atoms with Crippen LogP contribution in [0.5, 0.6) is 0 Å². The first kappa shape index (κ1) is 6.45. The zero-order valence-corrected chi connectivity index (χ0v) is 5.27. The van der Waals surface area contributed by atoms with E-state index in [4.69, 9.17) is 5.50 Å². The van der Waals surface area contributed by atoms with Gasteiger partial charge in [-0.25, -0.2) is 4.52 Å². The van der Waals surface area contributed by atoms with E-state index in [1.165, 1.54) is 0 Å². The van der Waals surface area contributed by atoms with Gasteiger partial charge in [-0.15, -0.1) is 0 Å². The van der Waals surface area contributed by atoms with E-state index < -0.39 is 0 Å². The standard InChI is InChI=1S/CH6N2OP2/c1-4-6-3-5-2/h6H,1H3,(H2,2,3). The fourth-order valence-corrected chi connectivity index (χ4v) is 0.580. The average Bonchev–Trinajstić information content (AvgIpc) is 1.61. The SMILES string of the molecule is COP/N=P\N.